The quantitative estimate of drug-likeness (QED) is 0.565. The zero-order valence-corrected chi connectivity index (χ0v) is 19.5. The maximum absolute atomic E-state index is 12.8. The van der Waals surface area contributed by atoms with Gasteiger partial charge < -0.3 is 33.7 Å². The largest absolute Gasteiger partial charge is 0.493 e. The van der Waals surface area contributed by atoms with Crippen molar-refractivity contribution in [3.8, 4) is 28.7 Å². The molecule has 0 radical (unpaired) electrons. The van der Waals surface area contributed by atoms with Gasteiger partial charge in [0.15, 0.2) is 23.9 Å². The third kappa shape index (κ3) is 4.72. The number of aliphatic carboxylic acids is 1. The van der Waals surface area contributed by atoms with Gasteiger partial charge in [-0.1, -0.05) is 0 Å². The minimum absolute atomic E-state index is 0.101. The Labute approximate surface area is 201 Å². The summed E-state index contributed by atoms with van der Waals surface area (Å²) in [5.41, 5.74) is 0.962. The SMILES string of the molecule is COc1cc(C=C2Oc3cc(OCC(=O)N4CCCC4C(=O)O)ccc3C2=O)cc(OC)c1OC. The third-order valence-corrected chi connectivity index (χ3v) is 5.85. The summed E-state index contributed by atoms with van der Waals surface area (Å²) in [5.74, 6) is 0.284. The number of carboxylic acids is 1. The highest BCUT2D eigenvalue weighted by molar-refractivity contribution is 6.14. The molecule has 0 saturated carbocycles. The van der Waals surface area contributed by atoms with E-state index in [1.165, 1.54) is 32.3 Å². The van der Waals surface area contributed by atoms with Crippen LogP contribution in [0.3, 0.4) is 0 Å². The van der Waals surface area contributed by atoms with Gasteiger partial charge >= 0.3 is 5.97 Å². The maximum atomic E-state index is 12.8. The van der Waals surface area contributed by atoms with Gasteiger partial charge in [-0.25, -0.2) is 4.79 Å². The lowest BCUT2D eigenvalue weighted by Gasteiger charge is -2.21. The fraction of sp³-hybridized carbons (Fsp3) is 0.320. The minimum atomic E-state index is -1.02. The van der Waals surface area contributed by atoms with Crippen LogP contribution in [0.25, 0.3) is 6.08 Å². The molecule has 10 heteroatoms. The summed E-state index contributed by atoms with van der Waals surface area (Å²) in [6, 6.07) is 7.20. The highest BCUT2D eigenvalue weighted by Crippen LogP contribution is 2.40. The molecule has 1 atom stereocenters. The smallest absolute Gasteiger partial charge is 0.326 e. The van der Waals surface area contributed by atoms with Crippen LogP contribution < -0.4 is 23.7 Å². The Balaban J connectivity index is 1.49. The van der Waals surface area contributed by atoms with E-state index in [9.17, 15) is 19.5 Å². The van der Waals surface area contributed by atoms with Crippen LogP contribution >= 0.6 is 0 Å². The second-order valence-electron chi connectivity index (χ2n) is 7.93. The third-order valence-electron chi connectivity index (χ3n) is 5.85. The normalized spacial score (nSPS) is 17.7. The molecule has 1 fully saturated rings. The number of hydrogen-bond acceptors (Lipinski definition) is 8. The molecule has 4 rings (SSSR count). The lowest BCUT2D eigenvalue weighted by molar-refractivity contribution is -0.148. The van der Waals surface area contributed by atoms with E-state index in [2.05, 4.69) is 0 Å². The maximum Gasteiger partial charge on any atom is 0.326 e. The van der Waals surface area contributed by atoms with Crippen LogP contribution in [0, 0.1) is 0 Å². The monoisotopic (exact) mass is 483 g/mol. The first-order valence-electron chi connectivity index (χ1n) is 10.9. The number of benzene rings is 2. The molecule has 0 aromatic heterocycles. The summed E-state index contributed by atoms with van der Waals surface area (Å²) in [5, 5.41) is 9.26. The Morgan fingerprint density at radius 2 is 1.83 bits per heavy atom. The molecule has 1 unspecified atom stereocenters. The van der Waals surface area contributed by atoms with Crippen molar-refractivity contribution < 1.29 is 43.2 Å². The molecule has 0 bridgehead atoms. The molecule has 1 N–H and O–H groups in total. The predicted molar refractivity (Wildman–Crippen MR) is 123 cm³/mol. The van der Waals surface area contributed by atoms with Crippen LogP contribution in [-0.4, -0.2) is 68.2 Å². The van der Waals surface area contributed by atoms with Crippen LogP contribution in [0.2, 0.25) is 0 Å². The van der Waals surface area contributed by atoms with E-state index < -0.39 is 17.9 Å². The van der Waals surface area contributed by atoms with E-state index in [1.807, 2.05) is 0 Å². The van der Waals surface area contributed by atoms with Gasteiger partial charge in [-0.05, 0) is 48.7 Å². The Morgan fingerprint density at radius 1 is 1.11 bits per heavy atom. The summed E-state index contributed by atoms with van der Waals surface area (Å²) in [7, 11) is 4.50. The molecule has 2 aliphatic heterocycles. The van der Waals surface area contributed by atoms with Gasteiger partial charge in [0.1, 0.15) is 17.5 Å². The summed E-state index contributed by atoms with van der Waals surface area (Å²) in [4.78, 5) is 37.9. The molecule has 2 aliphatic rings. The molecule has 1 saturated heterocycles. The average molecular weight is 483 g/mol. The molecule has 184 valence electrons. The molecule has 2 aromatic carbocycles. The fourth-order valence-electron chi connectivity index (χ4n) is 4.14. The van der Waals surface area contributed by atoms with E-state index >= 15 is 0 Å². The van der Waals surface area contributed by atoms with E-state index in [-0.39, 0.29) is 18.1 Å². The summed E-state index contributed by atoms with van der Waals surface area (Å²) < 4.78 is 27.4. The molecular weight excluding hydrogens is 458 g/mol. The number of rotatable bonds is 8. The molecule has 35 heavy (non-hydrogen) atoms. The van der Waals surface area contributed by atoms with Crippen molar-refractivity contribution in [2.24, 2.45) is 0 Å². The number of carboxylic acid groups (broad SMARTS) is 1. The number of likely N-dealkylation sites (tertiary alicyclic amines) is 1. The zero-order valence-electron chi connectivity index (χ0n) is 19.5. The number of Topliss-reactive ketones (excluding diaryl/α,β-unsaturated/α-hetero) is 1. The van der Waals surface area contributed by atoms with Crippen molar-refractivity contribution >= 4 is 23.7 Å². The summed E-state index contributed by atoms with van der Waals surface area (Å²) in [6.07, 6.45) is 2.63. The number of amides is 1. The highest BCUT2D eigenvalue weighted by atomic mass is 16.5. The second-order valence-corrected chi connectivity index (χ2v) is 7.93. The lowest BCUT2D eigenvalue weighted by Crippen LogP contribution is -2.42. The number of ether oxygens (including phenoxy) is 5. The lowest BCUT2D eigenvalue weighted by atomic mass is 10.1. The predicted octanol–water partition coefficient (Wildman–Crippen LogP) is 2.78. The van der Waals surface area contributed by atoms with Crippen molar-refractivity contribution in [1.82, 2.24) is 4.90 Å². The van der Waals surface area contributed by atoms with Gasteiger partial charge in [0.2, 0.25) is 11.5 Å². The number of carbonyl (C=O) groups excluding carboxylic acids is 2. The van der Waals surface area contributed by atoms with Crippen LogP contribution in [0.4, 0.5) is 0 Å². The van der Waals surface area contributed by atoms with Crippen LogP contribution in [0.1, 0.15) is 28.8 Å². The molecule has 10 nitrogen and oxygen atoms in total. The number of fused-ring (bicyclic) bond motifs is 1. The van der Waals surface area contributed by atoms with Gasteiger partial charge in [-0.3, -0.25) is 9.59 Å². The molecule has 1 amide bonds. The van der Waals surface area contributed by atoms with Crippen molar-refractivity contribution in [2.45, 2.75) is 18.9 Å². The van der Waals surface area contributed by atoms with Crippen molar-refractivity contribution in [1.29, 1.82) is 0 Å². The van der Waals surface area contributed by atoms with E-state index in [0.29, 0.717) is 59.3 Å². The first kappa shape index (κ1) is 23.9. The first-order chi connectivity index (χ1) is 16.9. The van der Waals surface area contributed by atoms with Crippen LogP contribution in [0.5, 0.6) is 28.7 Å². The number of carbonyl (C=O) groups is 3. The topological polar surface area (TPSA) is 121 Å². The van der Waals surface area contributed by atoms with Crippen molar-refractivity contribution in [2.75, 3.05) is 34.5 Å². The molecule has 2 heterocycles. The minimum Gasteiger partial charge on any atom is -0.493 e. The zero-order chi connectivity index (χ0) is 25.1. The molecule has 0 aliphatic carbocycles. The Kier molecular flexibility index (Phi) is 6.81. The highest BCUT2D eigenvalue weighted by Gasteiger charge is 2.34. The van der Waals surface area contributed by atoms with Crippen LogP contribution in [-0.2, 0) is 9.59 Å². The molecule has 0 spiro atoms. The summed E-state index contributed by atoms with van der Waals surface area (Å²) in [6.45, 7) is 0.0701. The van der Waals surface area contributed by atoms with Gasteiger partial charge in [0.25, 0.3) is 5.91 Å². The summed E-state index contributed by atoms with van der Waals surface area (Å²) >= 11 is 0. The molecule has 2 aromatic rings. The van der Waals surface area contributed by atoms with E-state index in [4.69, 9.17) is 23.7 Å². The van der Waals surface area contributed by atoms with Gasteiger partial charge in [-0.2, -0.15) is 0 Å². The number of nitrogens with zero attached hydrogens (tertiary/aromatic N) is 1. The second kappa shape index (κ2) is 9.96. The van der Waals surface area contributed by atoms with Gasteiger partial charge in [0, 0.05) is 12.6 Å². The fourth-order valence-corrected chi connectivity index (χ4v) is 4.14. The number of ketones is 1. The van der Waals surface area contributed by atoms with Gasteiger partial charge in [-0.15, -0.1) is 0 Å². The Hall–Kier alpha value is -4.21. The van der Waals surface area contributed by atoms with Crippen LogP contribution in [0.15, 0.2) is 36.1 Å². The Morgan fingerprint density at radius 3 is 2.46 bits per heavy atom. The van der Waals surface area contributed by atoms with Crippen molar-refractivity contribution in [3.05, 3.63) is 47.2 Å². The number of allylic oxidation sites excluding steroid dienone is 1. The first-order valence-corrected chi connectivity index (χ1v) is 10.9. The number of methoxy groups -OCH3 is 3. The average Bonchev–Trinajstić information content (AvgIpc) is 3.47. The standard InChI is InChI=1S/C25H25NO9/c1-31-20-10-14(11-21(32-2)24(20)33-3)9-19-23(28)16-7-6-15(12-18(16)35-19)34-13-22(27)26-8-4-5-17(26)25(29)30/h6-7,9-12,17H,4-5,8,13H2,1-3H3,(H,29,30). The van der Waals surface area contributed by atoms with E-state index in [1.54, 1.807) is 30.3 Å². The van der Waals surface area contributed by atoms with Crippen molar-refractivity contribution in [3.63, 3.8) is 0 Å². The Bertz CT molecular complexity index is 1180. The molecular formula is C25H25NO9. The number of hydrogen-bond donors (Lipinski definition) is 1. The van der Waals surface area contributed by atoms with E-state index in [0.717, 1.165) is 0 Å². The van der Waals surface area contributed by atoms with Gasteiger partial charge in [0.05, 0.1) is 26.9 Å².